The van der Waals surface area contributed by atoms with E-state index >= 15 is 0 Å². The van der Waals surface area contributed by atoms with Crippen LogP contribution in [0.2, 0.25) is 0 Å². The summed E-state index contributed by atoms with van der Waals surface area (Å²) in [5.41, 5.74) is 5.61. The van der Waals surface area contributed by atoms with Crippen molar-refractivity contribution in [3.63, 3.8) is 0 Å². The highest BCUT2D eigenvalue weighted by atomic mass is 32.2. The molecule has 108 valence electrons. The molecule has 21 heavy (non-hydrogen) atoms. The SMILES string of the molecule is CSc1ccc2c(c1)C(/C=C\CO)c1ccccc1CC2. The number of hydrogen-bond acceptors (Lipinski definition) is 2. The Kier molecular flexibility index (Phi) is 4.47. The summed E-state index contributed by atoms with van der Waals surface area (Å²) < 4.78 is 0. The normalized spacial score (nSPS) is 17.3. The third-order valence-electron chi connectivity index (χ3n) is 4.18. The smallest absolute Gasteiger partial charge is 0.0612 e. The molecule has 0 heterocycles. The standard InChI is InChI=1S/C19H20OS/c1-21-16-11-10-15-9-8-14-5-2-3-6-17(14)18(7-4-12-20)19(15)13-16/h2-7,10-11,13,18,20H,8-9,12H2,1H3/b7-4-. The monoisotopic (exact) mass is 296 g/mol. The largest absolute Gasteiger partial charge is 0.392 e. The van der Waals surface area contributed by atoms with Gasteiger partial charge in [0.25, 0.3) is 0 Å². The van der Waals surface area contributed by atoms with E-state index in [0.29, 0.717) is 0 Å². The number of benzene rings is 2. The molecule has 0 bridgehead atoms. The van der Waals surface area contributed by atoms with Crippen molar-refractivity contribution in [2.45, 2.75) is 23.7 Å². The number of aryl methyl sites for hydroxylation is 2. The Balaban J connectivity index is 2.16. The Morgan fingerprint density at radius 3 is 2.62 bits per heavy atom. The zero-order chi connectivity index (χ0) is 14.7. The second-order valence-corrected chi connectivity index (χ2v) is 6.23. The van der Waals surface area contributed by atoms with E-state index in [-0.39, 0.29) is 12.5 Å². The number of aliphatic hydroxyl groups excluding tert-OH is 1. The lowest BCUT2D eigenvalue weighted by molar-refractivity contribution is 0.342. The maximum atomic E-state index is 9.17. The minimum absolute atomic E-state index is 0.0935. The van der Waals surface area contributed by atoms with Gasteiger partial charge in [0, 0.05) is 10.8 Å². The molecule has 2 aromatic rings. The zero-order valence-electron chi connectivity index (χ0n) is 12.3. The zero-order valence-corrected chi connectivity index (χ0v) is 13.1. The highest BCUT2D eigenvalue weighted by Crippen LogP contribution is 2.36. The third kappa shape index (κ3) is 2.92. The van der Waals surface area contributed by atoms with Gasteiger partial charge in [0.1, 0.15) is 0 Å². The molecule has 1 N–H and O–H groups in total. The van der Waals surface area contributed by atoms with Crippen molar-refractivity contribution in [2.75, 3.05) is 12.9 Å². The number of rotatable bonds is 3. The number of allylic oxidation sites excluding steroid dienone is 1. The maximum absolute atomic E-state index is 9.17. The molecule has 0 saturated carbocycles. The first kappa shape index (κ1) is 14.4. The summed E-state index contributed by atoms with van der Waals surface area (Å²) in [5, 5.41) is 9.17. The second kappa shape index (κ2) is 6.50. The van der Waals surface area contributed by atoms with Gasteiger partial charge < -0.3 is 5.11 Å². The Bertz CT molecular complexity index is 660. The average molecular weight is 296 g/mol. The van der Waals surface area contributed by atoms with Crippen molar-refractivity contribution in [2.24, 2.45) is 0 Å². The predicted octanol–water partition coefficient (Wildman–Crippen LogP) is 4.19. The van der Waals surface area contributed by atoms with Crippen LogP contribution < -0.4 is 0 Å². The van der Waals surface area contributed by atoms with E-state index < -0.39 is 0 Å². The van der Waals surface area contributed by atoms with Gasteiger partial charge in [-0.05, 0) is 53.5 Å². The van der Waals surface area contributed by atoms with E-state index in [4.69, 9.17) is 0 Å². The molecule has 0 aliphatic heterocycles. The maximum Gasteiger partial charge on any atom is 0.0612 e. The van der Waals surface area contributed by atoms with Crippen molar-refractivity contribution >= 4 is 11.8 Å². The van der Waals surface area contributed by atoms with Crippen LogP contribution in [0.3, 0.4) is 0 Å². The highest BCUT2D eigenvalue weighted by molar-refractivity contribution is 7.98. The van der Waals surface area contributed by atoms with Crippen LogP contribution in [-0.4, -0.2) is 18.0 Å². The molecular weight excluding hydrogens is 276 g/mol. The van der Waals surface area contributed by atoms with Gasteiger partial charge in [-0.1, -0.05) is 42.5 Å². The minimum Gasteiger partial charge on any atom is -0.392 e. The fourth-order valence-electron chi connectivity index (χ4n) is 3.12. The Hall–Kier alpha value is -1.51. The molecule has 3 rings (SSSR count). The molecule has 0 spiro atoms. The summed E-state index contributed by atoms with van der Waals surface area (Å²) >= 11 is 1.78. The van der Waals surface area contributed by atoms with E-state index in [1.165, 1.54) is 27.1 Å². The molecule has 0 amide bonds. The van der Waals surface area contributed by atoms with Crippen molar-refractivity contribution < 1.29 is 5.11 Å². The molecule has 1 aliphatic rings. The molecule has 2 heteroatoms. The van der Waals surface area contributed by atoms with Gasteiger partial charge in [-0.25, -0.2) is 0 Å². The Morgan fingerprint density at radius 2 is 1.86 bits per heavy atom. The molecule has 1 unspecified atom stereocenters. The molecule has 0 fully saturated rings. The first-order valence-electron chi connectivity index (χ1n) is 7.35. The molecule has 1 nitrogen and oxygen atoms in total. The van der Waals surface area contributed by atoms with Gasteiger partial charge in [0.15, 0.2) is 0 Å². The quantitative estimate of drug-likeness (QED) is 0.677. The highest BCUT2D eigenvalue weighted by Gasteiger charge is 2.21. The van der Waals surface area contributed by atoms with Gasteiger partial charge in [-0.2, -0.15) is 0 Å². The number of fused-ring (bicyclic) bond motifs is 2. The van der Waals surface area contributed by atoms with E-state index in [1.54, 1.807) is 11.8 Å². The van der Waals surface area contributed by atoms with E-state index in [9.17, 15) is 5.11 Å². The first-order chi connectivity index (χ1) is 10.3. The van der Waals surface area contributed by atoms with Gasteiger partial charge in [0.05, 0.1) is 6.61 Å². The number of hydrogen-bond donors (Lipinski definition) is 1. The first-order valence-corrected chi connectivity index (χ1v) is 8.58. The summed E-state index contributed by atoms with van der Waals surface area (Å²) in [6.45, 7) is 0.0935. The molecule has 0 aromatic heterocycles. The average Bonchev–Trinajstić information content (AvgIpc) is 2.69. The van der Waals surface area contributed by atoms with Crippen LogP contribution in [0.15, 0.2) is 59.5 Å². The summed E-state index contributed by atoms with van der Waals surface area (Å²) in [7, 11) is 0. The van der Waals surface area contributed by atoms with Gasteiger partial charge in [0.2, 0.25) is 0 Å². The van der Waals surface area contributed by atoms with Gasteiger partial charge in [-0.15, -0.1) is 11.8 Å². The van der Waals surface area contributed by atoms with Crippen LogP contribution in [0, 0.1) is 0 Å². The summed E-state index contributed by atoms with van der Waals surface area (Å²) in [6.07, 6.45) is 8.30. The lowest BCUT2D eigenvalue weighted by Gasteiger charge is -2.17. The van der Waals surface area contributed by atoms with Gasteiger partial charge >= 0.3 is 0 Å². The van der Waals surface area contributed by atoms with Crippen LogP contribution in [0.1, 0.15) is 28.2 Å². The molecule has 0 saturated heterocycles. The van der Waals surface area contributed by atoms with Crippen LogP contribution >= 0.6 is 11.8 Å². The number of aliphatic hydroxyl groups is 1. The number of thioether (sulfide) groups is 1. The summed E-state index contributed by atoms with van der Waals surface area (Å²) in [6, 6.07) is 15.5. The van der Waals surface area contributed by atoms with E-state index in [2.05, 4.69) is 54.8 Å². The molecule has 1 atom stereocenters. The Labute approximate surface area is 130 Å². The molecule has 2 aromatic carbocycles. The van der Waals surface area contributed by atoms with Gasteiger partial charge in [-0.3, -0.25) is 0 Å². The lowest BCUT2D eigenvalue weighted by atomic mass is 9.88. The van der Waals surface area contributed by atoms with Crippen LogP contribution in [0.5, 0.6) is 0 Å². The molecule has 0 radical (unpaired) electrons. The van der Waals surface area contributed by atoms with Crippen molar-refractivity contribution in [1.29, 1.82) is 0 Å². The van der Waals surface area contributed by atoms with E-state index in [0.717, 1.165) is 12.8 Å². The molecular formula is C19H20OS. The second-order valence-electron chi connectivity index (χ2n) is 5.35. The van der Waals surface area contributed by atoms with Crippen molar-refractivity contribution in [3.05, 3.63) is 76.9 Å². The van der Waals surface area contributed by atoms with Crippen molar-refractivity contribution in [1.82, 2.24) is 0 Å². The molecule has 1 aliphatic carbocycles. The van der Waals surface area contributed by atoms with Crippen LogP contribution in [-0.2, 0) is 12.8 Å². The Morgan fingerprint density at radius 1 is 1.10 bits per heavy atom. The van der Waals surface area contributed by atoms with Crippen LogP contribution in [0.25, 0.3) is 0 Å². The van der Waals surface area contributed by atoms with Crippen molar-refractivity contribution in [3.8, 4) is 0 Å². The topological polar surface area (TPSA) is 20.2 Å². The van der Waals surface area contributed by atoms with Crippen LogP contribution in [0.4, 0.5) is 0 Å². The third-order valence-corrected chi connectivity index (χ3v) is 4.90. The summed E-state index contributed by atoms with van der Waals surface area (Å²) in [4.78, 5) is 1.30. The minimum atomic E-state index is 0.0935. The van der Waals surface area contributed by atoms with E-state index in [1.807, 2.05) is 6.08 Å². The lowest BCUT2D eigenvalue weighted by Crippen LogP contribution is -2.01. The fourth-order valence-corrected chi connectivity index (χ4v) is 3.57. The fraction of sp³-hybridized carbons (Fsp3) is 0.263. The predicted molar refractivity (Wildman–Crippen MR) is 90.1 cm³/mol. The summed E-state index contributed by atoms with van der Waals surface area (Å²) in [5.74, 6) is 0.248.